The lowest BCUT2D eigenvalue weighted by Crippen LogP contribution is -2.26. The Bertz CT molecular complexity index is 594. The van der Waals surface area contributed by atoms with Crippen LogP contribution in [0, 0.1) is 11.6 Å². The first kappa shape index (κ1) is 16.1. The average molecular weight is 307 g/mol. The highest BCUT2D eigenvalue weighted by atomic mass is 19.1. The topological polar surface area (TPSA) is 53.9 Å². The minimum absolute atomic E-state index is 0.0682. The van der Waals surface area contributed by atoms with E-state index in [1.165, 1.54) is 18.2 Å². The smallest absolute Gasteiger partial charge is 0.249 e. The molecule has 0 spiro atoms. The van der Waals surface area contributed by atoms with E-state index in [2.05, 4.69) is 39.2 Å². The minimum atomic E-state index is -0.701. The molecule has 0 amide bonds. The molecule has 7 heteroatoms. The van der Waals surface area contributed by atoms with Crippen LogP contribution in [0.5, 0.6) is 0 Å². The van der Waals surface area contributed by atoms with E-state index < -0.39 is 11.6 Å². The SMILES string of the molecule is CCCN(CCC)c1cnnc(Nc2c(F)cccc2F)n1. The van der Waals surface area contributed by atoms with Crippen LogP contribution in [0.3, 0.4) is 0 Å². The monoisotopic (exact) mass is 307 g/mol. The molecule has 1 heterocycles. The average Bonchev–Trinajstić information content (AvgIpc) is 2.51. The minimum Gasteiger partial charge on any atom is -0.355 e. The van der Waals surface area contributed by atoms with Crippen molar-refractivity contribution in [3.05, 3.63) is 36.0 Å². The summed E-state index contributed by atoms with van der Waals surface area (Å²) >= 11 is 0. The van der Waals surface area contributed by atoms with E-state index in [-0.39, 0.29) is 11.6 Å². The highest BCUT2D eigenvalue weighted by molar-refractivity contribution is 5.55. The van der Waals surface area contributed by atoms with E-state index in [1.807, 2.05) is 0 Å². The Hall–Kier alpha value is -2.31. The van der Waals surface area contributed by atoms with Crippen molar-refractivity contribution >= 4 is 17.5 Å². The molecule has 0 bridgehead atoms. The number of hydrogen-bond donors (Lipinski definition) is 1. The number of aromatic nitrogens is 3. The first-order chi connectivity index (χ1) is 10.7. The molecule has 0 radical (unpaired) electrons. The highest BCUT2D eigenvalue weighted by Crippen LogP contribution is 2.22. The van der Waals surface area contributed by atoms with Gasteiger partial charge in [-0.25, -0.2) is 8.78 Å². The molecule has 0 atom stereocenters. The molecule has 0 aliphatic carbocycles. The van der Waals surface area contributed by atoms with Crippen molar-refractivity contribution in [3.8, 4) is 0 Å². The van der Waals surface area contributed by atoms with Gasteiger partial charge in [0.15, 0.2) is 5.82 Å². The Balaban J connectivity index is 2.24. The molecule has 0 unspecified atom stereocenters. The molecular weight excluding hydrogens is 288 g/mol. The van der Waals surface area contributed by atoms with E-state index in [0.29, 0.717) is 5.82 Å². The number of para-hydroxylation sites is 1. The number of benzene rings is 1. The van der Waals surface area contributed by atoms with Crippen LogP contribution in [0.4, 0.5) is 26.2 Å². The molecule has 0 saturated carbocycles. The van der Waals surface area contributed by atoms with Gasteiger partial charge in [0.25, 0.3) is 0 Å². The van der Waals surface area contributed by atoms with Crippen LogP contribution in [-0.2, 0) is 0 Å². The summed E-state index contributed by atoms with van der Waals surface area (Å²) in [4.78, 5) is 6.36. The number of hydrogen-bond acceptors (Lipinski definition) is 5. The molecule has 2 rings (SSSR count). The number of nitrogens with zero attached hydrogens (tertiary/aromatic N) is 4. The summed E-state index contributed by atoms with van der Waals surface area (Å²) in [6.45, 7) is 5.82. The summed E-state index contributed by atoms with van der Waals surface area (Å²) in [5, 5.41) is 10.2. The van der Waals surface area contributed by atoms with Gasteiger partial charge in [-0.2, -0.15) is 10.1 Å². The van der Waals surface area contributed by atoms with Crippen molar-refractivity contribution in [2.75, 3.05) is 23.3 Å². The third kappa shape index (κ3) is 3.87. The van der Waals surface area contributed by atoms with Crippen LogP contribution in [0.2, 0.25) is 0 Å². The van der Waals surface area contributed by atoms with Crippen molar-refractivity contribution in [1.29, 1.82) is 0 Å². The number of anilines is 3. The summed E-state index contributed by atoms with van der Waals surface area (Å²) in [6, 6.07) is 3.64. The molecular formula is C15H19F2N5. The Morgan fingerprint density at radius 2 is 1.73 bits per heavy atom. The Morgan fingerprint density at radius 3 is 2.32 bits per heavy atom. The molecule has 22 heavy (non-hydrogen) atoms. The maximum Gasteiger partial charge on any atom is 0.249 e. The van der Waals surface area contributed by atoms with E-state index in [0.717, 1.165) is 25.9 Å². The molecule has 5 nitrogen and oxygen atoms in total. The van der Waals surface area contributed by atoms with Gasteiger partial charge in [0.1, 0.15) is 17.3 Å². The maximum absolute atomic E-state index is 13.6. The van der Waals surface area contributed by atoms with Crippen LogP contribution < -0.4 is 10.2 Å². The molecule has 1 aromatic carbocycles. The molecule has 118 valence electrons. The highest BCUT2D eigenvalue weighted by Gasteiger charge is 2.12. The van der Waals surface area contributed by atoms with Gasteiger partial charge in [-0.05, 0) is 25.0 Å². The van der Waals surface area contributed by atoms with Crippen LogP contribution in [0.1, 0.15) is 26.7 Å². The first-order valence-corrected chi connectivity index (χ1v) is 7.31. The van der Waals surface area contributed by atoms with E-state index in [1.54, 1.807) is 6.20 Å². The molecule has 2 aromatic rings. The van der Waals surface area contributed by atoms with Gasteiger partial charge in [-0.1, -0.05) is 19.9 Å². The van der Waals surface area contributed by atoms with Crippen LogP contribution >= 0.6 is 0 Å². The number of halogens is 2. The standard InChI is InChI=1S/C15H19F2N5/c1-3-8-22(9-4-2)13-10-18-21-15(19-13)20-14-11(16)6-5-7-12(14)17/h5-7,10H,3-4,8-9H2,1-2H3,(H,19,20,21). The predicted molar refractivity (Wildman–Crippen MR) is 82.3 cm³/mol. The zero-order valence-electron chi connectivity index (χ0n) is 12.7. The third-order valence-corrected chi connectivity index (χ3v) is 3.06. The van der Waals surface area contributed by atoms with Gasteiger partial charge in [-0.15, -0.1) is 5.10 Å². The zero-order valence-corrected chi connectivity index (χ0v) is 12.7. The summed E-state index contributed by atoms with van der Waals surface area (Å²) < 4.78 is 27.3. The Kier molecular flexibility index (Phi) is 5.57. The normalized spacial score (nSPS) is 10.5. The fraction of sp³-hybridized carbons (Fsp3) is 0.400. The van der Waals surface area contributed by atoms with Crippen LogP contribution in [0.25, 0.3) is 0 Å². The molecule has 1 aromatic heterocycles. The summed E-state index contributed by atoms with van der Waals surface area (Å²) in [6.07, 6.45) is 3.48. The van der Waals surface area contributed by atoms with Gasteiger partial charge in [0.05, 0.1) is 6.20 Å². The molecule has 0 fully saturated rings. The maximum atomic E-state index is 13.6. The predicted octanol–water partition coefficient (Wildman–Crippen LogP) is 3.52. The van der Waals surface area contributed by atoms with Gasteiger partial charge < -0.3 is 10.2 Å². The molecule has 0 aliphatic rings. The first-order valence-electron chi connectivity index (χ1n) is 7.31. The lowest BCUT2D eigenvalue weighted by molar-refractivity contribution is 0.590. The number of rotatable bonds is 7. The quantitative estimate of drug-likeness (QED) is 0.848. The fourth-order valence-corrected chi connectivity index (χ4v) is 2.11. The lowest BCUT2D eigenvalue weighted by atomic mass is 10.3. The van der Waals surface area contributed by atoms with Crippen molar-refractivity contribution in [2.45, 2.75) is 26.7 Å². The second kappa shape index (κ2) is 7.63. The largest absolute Gasteiger partial charge is 0.355 e. The van der Waals surface area contributed by atoms with Crippen molar-refractivity contribution < 1.29 is 8.78 Å². The lowest BCUT2D eigenvalue weighted by Gasteiger charge is -2.22. The summed E-state index contributed by atoms with van der Waals surface area (Å²) in [5.74, 6) is -0.697. The van der Waals surface area contributed by atoms with Crippen molar-refractivity contribution in [1.82, 2.24) is 15.2 Å². The molecule has 0 aliphatic heterocycles. The Morgan fingerprint density at radius 1 is 1.09 bits per heavy atom. The molecule has 1 N–H and O–H groups in total. The zero-order chi connectivity index (χ0) is 15.9. The Labute approximate surface area is 128 Å². The fourth-order valence-electron chi connectivity index (χ4n) is 2.11. The van der Waals surface area contributed by atoms with Crippen molar-refractivity contribution in [3.63, 3.8) is 0 Å². The van der Waals surface area contributed by atoms with E-state index in [9.17, 15) is 8.78 Å². The van der Waals surface area contributed by atoms with E-state index >= 15 is 0 Å². The third-order valence-electron chi connectivity index (χ3n) is 3.06. The number of nitrogens with one attached hydrogen (secondary N) is 1. The van der Waals surface area contributed by atoms with Crippen LogP contribution in [0.15, 0.2) is 24.4 Å². The summed E-state index contributed by atoms with van der Waals surface area (Å²) in [7, 11) is 0. The van der Waals surface area contributed by atoms with Crippen molar-refractivity contribution in [2.24, 2.45) is 0 Å². The van der Waals surface area contributed by atoms with Gasteiger partial charge in [0, 0.05) is 13.1 Å². The summed E-state index contributed by atoms with van der Waals surface area (Å²) in [5.41, 5.74) is -0.279. The second-order valence-corrected chi connectivity index (χ2v) is 4.85. The van der Waals surface area contributed by atoms with Gasteiger partial charge in [-0.3, -0.25) is 0 Å². The molecule has 0 saturated heterocycles. The second-order valence-electron chi connectivity index (χ2n) is 4.85. The van der Waals surface area contributed by atoms with E-state index in [4.69, 9.17) is 0 Å². The van der Waals surface area contributed by atoms with Gasteiger partial charge in [0.2, 0.25) is 5.95 Å². The van der Waals surface area contributed by atoms with Gasteiger partial charge >= 0.3 is 0 Å². The van der Waals surface area contributed by atoms with Crippen LogP contribution in [-0.4, -0.2) is 28.3 Å².